The zero-order valence-electron chi connectivity index (χ0n) is 12.6. The Morgan fingerprint density at radius 1 is 1.27 bits per heavy atom. The Labute approximate surface area is 134 Å². The largest absolute Gasteiger partial charge is 0.369 e. The first-order valence-corrected chi connectivity index (χ1v) is 8.73. The molecular weight excluding hydrogens is 300 g/mol. The number of amides is 2. The van der Waals surface area contributed by atoms with Crippen LogP contribution in [0.2, 0.25) is 0 Å². The van der Waals surface area contributed by atoms with Gasteiger partial charge in [0.15, 0.2) is 0 Å². The quantitative estimate of drug-likeness (QED) is 0.897. The van der Waals surface area contributed by atoms with Gasteiger partial charge >= 0.3 is 0 Å². The number of carbonyl (C=O) groups is 2. The van der Waals surface area contributed by atoms with Gasteiger partial charge in [-0.15, -0.1) is 11.3 Å². The van der Waals surface area contributed by atoms with E-state index in [1.165, 1.54) is 0 Å². The molecule has 0 saturated carbocycles. The second-order valence-electron chi connectivity index (χ2n) is 6.08. The fourth-order valence-corrected chi connectivity index (χ4v) is 4.26. The Morgan fingerprint density at radius 2 is 2.05 bits per heavy atom. The molecule has 0 unspecified atom stereocenters. The molecule has 0 spiro atoms. The summed E-state index contributed by atoms with van der Waals surface area (Å²) in [7, 11) is 0. The summed E-state index contributed by atoms with van der Waals surface area (Å²) in [5.41, 5.74) is 5.23. The Hall–Kier alpha value is -1.47. The predicted octanol–water partition coefficient (Wildman–Crippen LogP) is 1.00. The molecule has 120 valence electrons. The molecule has 2 amide bonds. The van der Waals surface area contributed by atoms with Gasteiger partial charge in [0.1, 0.15) is 5.01 Å². The third-order valence-corrected chi connectivity index (χ3v) is 5.47. The van der Waals surface area contributed by atoms with Crippen LogP contribution in [0.4, 0.5) is 0 Å². The molecule has 2 N–H and O–H groups in total. The van der Waals surface area contributed by atoms with E-state index >= 15 is 0 Å². The molecule has 2 saturated heterocycles. The lowest BCUT2D eigenvalue weighted by Crippen LogP contribution is -2.44. The van der Waals surface area contributed by atoms with E-state index in [0.29, 0.717) is 6.54 Å². The Bertz CT molecular complexity index is 526. The molecular formula is C15H22N4O2S. The monoisotopic (exact) mass is 322 g/mol. The second-order valence-corrected chi connectivity index (χ2v) is 7.00. The van der Waals surface area contributed by atoms with Crippen LogP contribution in [0.15, 0.2) is 11.6 Å². The number of hydrogen-bond donors (Lipinski definition) is 1. The van der Waals surface area contributed by atoms with Gasteiger partial charge in [-0.1, -0.05) is 0 Å². The van der Waals surface area contributed by atoms with Gasteiger partial charge in [-0.25, -0.2) is 4.98 Å². The molecule has 1 aromatic heterocycles. The molecule has 3 rings (SSSR count). The number of rotatable bonds is 4. The van der Waals surface area contributed by atoms with Gasteiger partial charge in [0, 0.05) is 24.0 Å². The third-order valence-electron chi connectivity index (χ3n) is 4.59. The molecule has 6 nitrogen and oxygen atoms in total. The summed E-state index contributed by atoms with van der Waals surface area (Å²) in [6, 6.07) is 0.163. The van der Waals surface area contributed by atoms with Crippen molar-refractivity contribution < 1.29 is 9.59 Å². The van der Waals surface area contributed by atoms with Crippen LogP contribution >= 0.6 is 11.3 Å². The van der Waals surface area contributed by atoms with Crippen LogP contribution in [0.25, 0.3) is 0 Å². The van der Waals surface area contributed by atoms with Gasteiger partial charge in [-0.2, -0.15) is 0 Å². The number of piperidine rings is 1. The first-order chi connectivity index (χ1) is 10.6. The van der Waals surface area contributed by atoms with E-state index in [9.17, 15) is 9.59 Å². The molecule has 0 radical (unpaired) electrons. The van der Waals surface area contributed by atoms with Crippen molar-refractivity contribution in [1.29, 1.82) is 0 Å². The van der Waals surface area contributed by atoms with Crippen LogP contribution in [0.5, 0.6) is 0 Å². The minimum absolute atomic E-state index is 0.0738. The van der Waals surface area contributed by atoms with E-state index in [1.807, 2.05) is 21.4 Å². The number of nitrogens with zero attached hydrogens (tertiary/aromatic N) is 3. The number of aromatic nitrogens is 1. The minimum Gasteiger partial charge on any atom is -0.369 e. The molecule has 0 aliphatic carbocycles. The molecule has 22 heavy (non-hydrogen) atoms. The van der Waals surface area contributed by atoms with Crippen molar-refractivity contribution in [3.8, 4) is 0 Å². The number of nitrogens with two attached hydrogens (primary N) is 1. The normalized spacial score (nSPS) is 23.8. The molecule has 3 heterocycles. The summed E-state index contributed by atoms with van der Waals surface area (Å²) < 4.78 is 0. The highest BCUT2D eigenvalue weighted by molar-refractivity contribution is 7.09. The third kappa shape index (κ3) is 3.30. The van der Waals surface area contributed by atoms with Crippen LogP contribution in [0.3, 0.4) is 0 Å². The first kappa shape index (κ1) is 15.4. The predicted molar refractivity (Wildman–Crippen MR) is 84.2 cm³/mol. The van der Waals surface area contributed by atoms with Crippen molar-refractivity contribution in [2.24, 2.45) is 11.7 Å². The molecule has 2 fully saturated rings. The van der Waals surface area contributed by atoms with Crippen LogP contribution in [-0.4, -0.2) is 52.8 Å². The lowest BCUT2D eigenvalue weighted by molar-refractivity contribution is -0.138. The summed E-state index contributed by atoms with van der Waals surface area (Å²) in [5.74, 6) is 0.0364. The lowest BCUT2D eigenvalue weighted by atomic mass is 9.95. The van der Waals surface area contributed by atoms with Crippen molar-refractivity contribution in [2.45, 2.75) is 31.7 Å². The van der Waals surface area contributed by atoms with E-state index in [-0.39, 0.29) is 23.8 Å². The lowest BCUT2D eigenvalue weighted by Gasteiger charge is -2.34. The number of hydrogen-bond acceptors (Lipinski definition) is 5. The highest BCUT2D eigenvalue weighted by atomic mass is 32.1. The number of likely N-dealkylation sites (tertiary alicyclic amines) is 2. The first-order valence-electron chi connectivity index (χ1n) is 7.85. The number of primary amides is 1. The van der Waals surface area contributed by atoms with Gasteiger partial charge in [0.2, 0.25) is 11.8 Å². The summed E-state index contributed by atoms with van der Waals surface area (Å²) >= 11 is 1.63. The maximum atomic E-state index is 12.8. The average molecular weight is 322 g/mol. The zero-order chi connectivity index (χ0) is 15.5. The van der Waals surface area contributed by atoms with Crippen LogP contribution < -0.4 is 5.73 Å². The summed E-state index contributed by atoms with van der Waals surface area (Å²) in [4.78, 5) is 32.2. The van der Waals surface area contributed by atoms with Gasteiger partial charge in [0.05, 0.1) is 12.6 Å². The van der Waals surface area contributed by atoms with Gasteiger partial charge in [-0.3, -0.25) is 14.5 Å². The highest BCUT2D eigenvalue weighted by Gasteiger charge is 2.36. The van der Waals surface area contributed by atoms with Crippen LogP contribution in [0, 0.1) is 5.92 Å². The summed E-state index contributed by atoms with van der Waals surface area (Å²) in [5, 5.41) is 3.02. The van der Waals surface area contributed by atoms with E-state index in [0.717, 1.165) is 50.3 Å². The number of thiazole rings is 1. The molecule has 2 aliphatic heterocycles. The van der Waals surface area contributed by atoms with E-state index in [2.05, 4.69) is 4.98 Å². The number of carbonyl (C=O) groups excluding carboxylic acids is 2. The molecule has 0 aromatic carbocycles. The minimum atomic E-state index is -0.298. The zero-order valence-corrected chi connectivity index (χ0v) is 13.4. The maximum absolute atomic E-state index is 12.8. The molecule has 2 aliphatic rings. The Morgan fingerprint density at radius 3 is 2.68 bits per heavy atom. The van der Waals surface area contributed by atoms with E-state index < -0.39 is 0 Å². The molecule has 7 heteroatoms. The highest BCUT2D eigenvalue weighted by Crippen LogP contribution is 2.35. The average Bonchev–Trinajstić information content (AvgIpc) is 3.17. The Balaban J connectivity index is 1.59. The van der Waals surface area contributed by atoms with Crippen LogP contribution in [0.1, 0.15) is 36.7 Å². The van der Waals surface area contributed by atoms with Crippen molar-refractivity contribution >= 4 is 23.2 Å². The fraction of sp³-hybridized carbons (Fsp3) is 0.667. The second kappa shape index (κ2) is 6.75. The summed E-state index contributed by atoms with van der Waals surface area (Å²) in [6.45, 7) is 2.68. The van der Waals surface area contributed by atoms with Gasteiger partial charge in [-0.05, 0) is 38.8 Å². The Kier molecular flexibility index (Phi) is 4.73. The molecule has 1 aromatic rings. The molecule has 0 bridgehead atoms. The molecule has 1 atom stereocenters. The fourth-order valence-electron chi connectivity index (χ4n) is 3.48. The van der Waals surface area contributed by atoms with Gasteiger partial charge in [0.25, 0.3) is 0 Å². The standard InChI is InChI=1S/C15H22N4O2S/c16-13(20)10-18-7-3-11(4-8-18)15(21)19-6-1-2-12(19)14-17-5-9-22-14/h5,9,11-12H,1-4,6-8,10H2,(H2,16,20)/t12-/m0/s1. The SMILES string of the molecule is NC(=O)CN1CCC(C(=O)N2CCC[C@H]2c2nccs2)CC1. The van der Waals surface area contributed by atoms with Gasteiger partial charge < -0.3 is 10.6 Å². The van der Waals surface area contributed by atoms with Crippen molar-refractivity contribution in [3.05, 3.63) is 16.6 Å². The smallest absolute Gasteiger partial charge is 0.231 e. The van der Waals surface area contributed by atoms with E-state index in [4.69, 9.17) is 5.73 Å². The van der Waals surface area contributed by atoms with Crippen molar-refractivity contribution in [1.82, 2.24) is 14.8 Å². The maximum Gasteiger partial charge on any atom is 0.231 e. The van der Waals surface area contributed by atoms with E-state index in [1.54, 1.807) is 11.3 Å². The van der Waals surface area contributed by atoms with Crippen LogP contribution in [-0.2, 0) is 9.59 Å². The topological polar surface area (TPSA) is 79.5 Å². The van der Waals surface area contributed by atoms with Crippen molar-refractivity contribution in [3.63, 3.8) is 0 Å². The summed E-state index contributed by atoms with van der Waals surface area (Å²) in [6.07, 6.45) is 5.50. The van der Waals surface area contributed by atoms with Crippen molar-refractivity contribution in [2.75, 3.05) is 26.2 Å².